The van der Waals surface area contributed by atoms with E-state index in [1.165, 1.54) is 19.3 Å². The van der Waals surface area contributed by atoms with Crippen molar-refractivity contribution in [1.82, 2.24) is 30.0 Å². The quantitative estimate of drug-likeness (QED) is 0.792. The highest BCUT2D eigenvalue weighted by atomic mass is 16.2. The largest absolute Gasteiger partial charge is 0.342 e. The second-order valence-corrected chi connectivity index (χ2v) is 7.11. The number of aromatic nitrogens is 4. The van der Waals surface area contributed by atoms with Crippen LogP contribution in [-0.2, 0) is 17.9 Å². The first-order valence-corrected chi connectivity index (χ1v) is 9.54. The molecule has 7 nitrogen and oxygen atoms in total. The fourth-order valence-corrected chi connectivity index (χ4v) is 3.73. The van der Waals surface area contributed by atoms with E-state index in [0.717, 1.165) is 70.8 Å². The van der Waals surface area contributed by atoms with E-state index in [1.807, 2.05) is 4.68 Å². The molecule has 1 aromatic heterocycles. The van der Waals surface area contributed by atoms with Gasteiger partial charge >= 0.3 is 0 Å². The smallest absolute Gasteiger partial charge is 0.225 e. The molecule has 0 aromatic carbocycles. The Kier molecular flexibility index (Phi) is 6.18. The molecule has 134 valence electrons. The standard InChI is InChI=1S/C17H30N6O/c1-2-3-11-23-16(18-19-20-23)14-21-12-7-15(8-13-21)17(24)22-9-5-4-6-10-22/h15H,2-14H2,1H3. The average molecular weight is 334 g/mol. The number of unbranched alkanes of at least 4 members (excludes halogenated alkanes) is 1. The highest BCUT2D eigenvalue weighted by Gasteiger charge is 2.29. The lowest BCUT2D eigenvalue weighted by Crippen LogP contribution is -2.44. The van der Waals surface area contributed by atoms with Gasteiger partial charge in [-0.05, 0) is 62.0 Å². The molecule has 7 heteroatoms. The van der Waals surface area contributed by atoms with Gasteiger partial charge in [-0.15, -0.1) is 5.10 Å². The molecule has 0 spiro atoms. The molecular formula is C17H30N6O. The molecule has 0 N–H and O–H groups in total. The van der Waals surface area contributed by atoms with Crippen LogP contribution in [0.5, 0.6) is 0 Å². The third kappa shape index (κ3) is 4.32. The highest BCUT2D eigenvalue weighted by molar-refractivity contribution is 5.79. The van der Waals surface area contributed by atoms with Gasteiger partial charge in [-0.1, -0.05) is 13.3 Å². The summed E-state index contributed by atoms with van der Waals surface area (Å²) in [5.74, 6) is 1.56. The van der Waals surface area contributed by atoms with Crippen LogP contribution in [-0.4, -0.2) is 62.1 Å². The minimum Gasteiger partial charge on any atom is -0.342 e. The number of hydrogen-bond donors (Lipinski definition) is 0. The van der Waals surface area contributed by atoms with E-state index in [1.54, 1.807) is 0 Å². The van der Waals surface area contributed by atoms with Gasteiger partial charge in [0.2, 0.25) is 5.91 Å². The molecule has 1 aromatic rings. The van der Waals surface area contributed by atoms with Crippen molar-refractivity contribution in [3.8, 4) is 0 Å². The SMILES string of the molecule is CCCCn1nnnc1CN1CCC(C(=O)N2CCCCC2)CC1. The van der Waals surface area contributed by atoms with E-state index in [-0.39, 0.29) is 5.92 Å². The van der Waals surface area contributed by atoms with Crippen molar-refractivity contribution in [3.05, 3.63) is 5.82 Å². The summed E-state index contributed by atoms with van der Waals surface area (Å²) in [5, 5.41) is 12.1. The average Bonchev–Trinajstić information content (AvgIpc) is 3.07. The molecule has 0 aliphatic carbocycles. The van der Waals surface area contributed by atoms with Gasteiger partial charge in [-0.3, -0.25) is 9.69 Å². The predicted molar refractivity (Wildman–Crippen MR) is 91.2 cm³/mol. The number of carbonyl (C=O) groups is 1. The van der Waals surface area contributed by atoms with E-state index < -0.39 is 0 Å². The maximum absolute atomic E-state index is 12.6. The summed E-state index contributed by atoms with van der Waals surface area (Å²) in [5.41, 5.74) is 0. The van der Waals surface area contributed by atoms with E-state index in [4.69, 9.17) is 0 Å². The van der Waals surface area contributed by atoms with Crippen LogP contribution in [0.1, 0.15) is 57.7 Å². The normalized spacial score (nSPS) is 20.5. The Morgan fingerprint density at radius 1 is 1.12 bits per heavy atom. The van der Waals surface area contributed by atoms with Crippen LogP contribution in [0.15, 0.2) is 0 Å². The third-order valence-corrected chi connectivity index (χ3v) is 5.30. The zero-order valence-corrected chi connectivity index (χ0v) is 14.9. The number of piperidine rings is 2. The van der Waals surface area contributed by atoms with E-state index in [0.29, 0.717) is 5.91 Å². The molecule has 24 heavy (non-hydrogen) atoms. The first-order chi connectivity index (χ1) is 11.8. The molecule has 0 radical (unpaired) electrons. The number of aryl methyl sites for hydroxylation is 1. The van der Waals surface area contributed by atoms with Gasteiger partial charge in [0.1, 0.15) is 0 Å². The number of amides is 1. The summed E-state index contributed by atoms with van der Waals surface area (Å²) in [4.78, 5) is 17.1. The summed E-state index contributed by atoms with van der Waals surface area (Å²) in [7, 11) is 0. The molecule has 0 saturated carbocycles. The van der Waals surface area contributed by atoms with E-state index in [9.17, 15) is 4.79 Å². The fraction of sp³-hybridized carbons (Fsp3) is 0.882. The van der Waals surface area contributed by atoms with Gasteiger partial charge in [0.05, 0.1) is 6.54 Å². The Bertz CT molecular complexity index is 517. The van der Waals surface area contributed by atoms with Crippen LogP contribution in [0.4, 0.5) is 0 Å². The highest BCUT2D eigenvalue weighted by Crippen LogP contribution is 2.22. The first kappa shape index (κ1) is 17.3. The van der Waals surface area contributed by atoms with Gasteiger partial charge < -0.3 is 4.90 Å². The van der Waals surface area contributed by atoms with Gasteiger partial charge in [0.15, 0.2) is 5.82 Å². The van der Waals surface area contributed by atoms with Crippen molar-refractivity contribution in [2.75, 3.05) is 26.2 Å². The van der Waals surface area contributed by atoms with Crippen molar-refractivity contribution < 1.29 is 4.79 Å². The van der Waals surface area contributed by atoms with Crippen molar-refractivity contribution in [2.45, 2.75) is 65.0 Å². The number of carbonyl (C=O) groups excluding carboxylic acids is 1. The van der Waals surface area contributed by atoms with Crippen molar-refractivity contribution >= 4 is 5.91 Å². The van der Waals surface area contributed by atoms with Crippen molar-refractivity contribution in [1.29, 1.82) is 0 Å². The number of hydrogen-bond acceptors (Lipinski definition) is 5. The van der Waals surface area contributed by atoms with Crippen LogP contribution >= 0.6 is 0 Å². The topological polar surface area (TPSA) is 67.2 Å². The number of tetrazole rings is 1. The lowest BCUT2D eigenvalue weighted by atomic mass is 9.94. The van der Waals surface area contributed by atoms with E-state index in [2.05, 4.69) is 32.2 Å². The van der Waals surface area contributed by atoms with Crippen LogP contribution < -0.4 is 0 Å². The van der Waals surface area contributed by atoms with E-state index >= 15 is 0 Å². The molecule has 0 unspecified atom stereocenters. The lowest BCUT2D eigenvalue weighted by molar-refractivity contribution is -0.138. The minimum absolute atomic E-state index is 0.218. The lowest BCUT2D eigenvalue weighted by Gasteiger charge is -2.35. The molecule has 0 atom stereocenters. The third-order valence-electron chi connectivity index (χ3n) is 5.30. The monoisotopic (exact) mass is 334 g/mol. The second kappa shape index (κ2) is 8.55. The molecule has 2 aliphatic rings. The Labute approximate surface area is 144 Å². The molecule has 3 rings (SSSR count). The summed E-state index contributed by atoms with van der Waals surface area (Å²) in [6.07, 6.45) is 7.79. The molecule has 1 amide bonds. The zero-order valence-electron chi connectivity index (χ0n) is 14.9. The number of rotatable bonds is 6. The summed E-state index contributed by atoms with van der Waals surface area (Å²) in [6, 6.07) is 0. The van der Waals surface area contributed by atoms with Gasteiger partial charge in [0, 0.05) is 25.6 Å². The van der Waals surface area contributed by atoms with Crippen LogP contribution in [0.3, 0.4) is 0 Å². The minimum atomic E-state index is 0.218. The predicted octanol–water partition coefficient (Wildman–Crippen LogP) is 1.70. The van der Waals surface area contributed by atoms with Crippen LogP contribution in [0.2, 0.25) is 0 Å². The molecular weight excluding hydrogens is 304 g/mol. The zero-order chi connectivity index (χ0) is 16.8. The van der Waals surface area contributed by atoms with Crippen molar-refractivity contribution in [3.63, 3.8) is 0 Å². The van der Waals surface area contributed by atoms with Gasteiger partial charge in [-0.25, -0.2) is 4.68 Å². The summed E-state index contributed by atoms with van der Waals surface area (Å²) in [6.45, 7) is 7.71. The molecule has 0 bridgehead atoms. The maximum Gasteiger partial charge on any atom is 0.225 e. The summed E-state index contributed by atoms with van der Waals surface area (Å²) < 4.78 is 1.93. The maximum atomic E-state index is 12.6. The van der Waals surface area contributed by atoms with Gasteiger partial charge in [-0.2, -0.15) is 0 Å². The first-order valence-electron chi connectivity index (χ1n) is 9.54. The van der Waals surface area contributed by atoms with Gasteiger partial charge in [0.25, 0.3) is 0 Å². The molecule has 3 heterocycles. The Balaban J connectivity index is 1.46. The molecule has 2 fully saturated rings. The number of likely N-dealkylation sites (tertiary alicyclic amines) is 2. The second-order valence-electron chi connectivity index (χ2n) is 7.11. The Hall–Kier alpha value is -1.50. The Morgan fingerprint density at radius 3 is 2.58 bits per heavy atom. The fourth-order valence-electron chi connectivity index (χ4n) is 3.73. The van der Waals surface area contributed by atoms with Crippen molar-refractivity contribution in [2.24, 2.45) is 5.92 Å². The Morgan fingerprint density at radius 2 is 1.88 bits per heavy atom. The number of nitrogens with zero attached hydrogens (tertiary/aromatic N) is 6. The van der Waals surface area contributed by atoms with Crippen LogP contribution in [0, 0.1) is 5.92 Å². The molecule has 2 aliphatic heterocycles. The molecule has 2 saturated heterocycles. The summed E-state index contributed by atoms with van der Waals surface area (Å²) >= 11 is 0. The van der Waals surface area contributed by atoms with Crippen LogP contribution in [0.25, 0.3) is 0 Å².